The molecule has 0 unspecified atom stereocenters. The first-order chi connectivity index (χ1) is 9.78. The largest absolute Gasteiger partial charge is 0.301 e. The van der Waals surface area contributed by atoms with Crippen LogP contribution in [0.2, 0.25) is 5.02 Å². The molecule has 1 aliphatic heterocycles. The van der Waals surface area contributed by atoms with Gasteiger partial charge in [0.05, 0.1) is 0 Å². The van der Waals surface area contributed by atoms with Crippen molar-refractivity contribution in [3.05, 3.63) is 34.9 Å². The first kappa shape index (κ1) is 16.2. The van der Waals surface area contributed by atoms with Gasteiger partial charge in [-0.05, 0) is 55.8 Å². The van der Waals surface area contributed by atoms with Crippen LogP contribution in [0.4, 0.5) is 0 Å². The Morgan fingerprint density at radius 3 is 2.00 bits per heavy atom. The van der Waals surface area contributed by atoms with Crippen molar-refractivity contribution in [2.45, 2.75) is 19.3 Å². The normalized spacial score (nSPS) is 17.5. The number of halogens is 1. The lowest BCUT2D eigenvalue weighted by Crippen LogP contribution is -2.46. The lowest BCUT2D eigenvalue weighted by molar-refractivity contribution is 0.132. The molecule has 1 heterocycles. The van der Waals surface area contributed by atoms with Gasteiger partial charge in [-0.25, -0.2) is 0 Å². The average molecular weight is 313 g/mol. The predicted molar refractivity (Wildman–Crippen MR) is 91.1 cm³/mol. The third kappa shape index (κ3) is 5.65. The van der Waals surface area contributed by atoms with E-state index >= 15 is 0 Å². The van der Waals surface area contributed by atoms with Crippen molar-refractivity contribution in [1.29, 1.82) is 0 Å². The average Bonchev–Trinajstić information content (AvgIpc) is 2.48. The molecule has 0 bridgehead atoms. The molecule has 20 heavy (non-hydrogen) atoms. The van der Waals surface area contributed by atoms with Crippen molar-refractivity contribution in [3.63, 3.8) is 0 Å². The number of benzene rings is 1. The molecule has 0 saturated carbocycles. The van der Waals surface area contributed by atoms with E-state index in [0.717, 1.165) is 17.2 Å². The van der Waals surface area contributed by atoms with E-state index in [2.05, 4.69) is 34.6 Å². The topological polar surface area (TPSA) is 6.48 Å². The van der Waals surface area contributed by atoms with Crippen molar-refractivity contribution in [3.8, 4) is 0 Å². The zero-order valence-corrected chi connectivity index (χ0v) is 13.8. The van der Waals surface area contributed by atoms with Crippen LogP contribution >= 0.6 is 24.2 Å². The number of rotatable bonds is 7. The highest BCUT2D eigenvalue weighted by Crippen LogP contribution is 2.11. The minimum atomic E-state index is 0.825. The van der Waals surface area contributed by atoms with Gasteiger partial charge < -0.3 is 9.80 Å². The summed E-state index contributed by atoms with van der Waals surface area (Å²) in [6.07, 6.45) is 3.59. The van der Waals surface area contributed by atoms with E-state index in [4.69, 9.17) is 11.6 Å². The molecule has 0 atom stereocenters. The maximum Gasteiger partial charge on any atom is 0.0406 e. The molecule has 0 radical (unpaired) electrons. The van der Waals surface area contributed by atoms with E-state index in [9.17, 15) is 0 Å². The van der Waals surface area contributed by atoms with E-state index in [0.29, 0.717) is 0 Å². The Labute approximate surface area is 133 Å². The molecule has 2 nitrogen and oxygen atoms in total. The molecular weight excluding hydrogens is 288 g/mol. The molecule has 1 aliphatic rings. The van der Waals surface area contributed by atoms with Gasteiger partial charge in [0.1, 0.15) is 0 Å². The Hall–Kier alpha value is -0.220. The summed E-state index contributed by atoms with van der Waals surface area (Å²) in [5.41, 5.74) is 1.39. The third-order valence-corrected chi connectivity index (χ3v) is 4.52. The highest BCUT2D eigenvalue weighted by molar-refractivity contribution is 7.80. The fourth-order valence-corrected chi connectivity index (χ4v) is 2.96. The van der Waals surface area contributed by atoms with Gasteiger partial charge >= 0.3 is 0 Å². The van der Waals surface area contributed by atoms with Gasteiger partial charge in [0.2, 0.25) is 0 Å². The van der Waals surface area contributed by atoms with E-state index in [1.165, 1.54) is 57.7 Å². The third-order valence-electron chi connectivity index (χ3n) is 3.95. The molecule has 0 aliphatic carbocycles. The predicted octanol–water partition coefficient (Wildman–Crippen LogP) is 3.21. The number of nitrogens with zero attached hydrogens (tertiary/aromatic N) is 2. The van der Waals surface area contributed by atoms with Gasteiger partial charge in [-0.1, -0.05) is 23.7 Å². The maximum absolute atomic E-state index is 5.90. The van der Waals surface area contributed by atoms with Crippen molar-refractivity contribution >= 4 is 24.2 Å². The summed E-state index contributed by atoms with van der Waals surface area (Å²) in [6.45, 7) is 7.29. The fraction of sp³-hybridized carbons (Fsp3) is 0.625. The lowest BCUT2D eigenvalue weighted by atomic mass is 10.1. The molecule has 1 fully saturated rings. The molecule has 1 aromatic rings. The second-order valence-electron chi connectivity index (χ2n) is 5.49. The lowest BCUT2D eigenvalue weighted by Gasteiger charge is -2.34. The summed E-state index contributed by atoms with van der Waals surface area (Å²) in [6, 6.07) is 8.24. The smallest absolute Gasteiger partial charge is 0.0406 e. The van der Waals surface area contributed by atoms with Crippen LogP contribution in [0.1, 0.15) is 18.4 Å². The summed E-state index contributed by atoms with van der Waals surface area (Å²) >= 11 is 10.2. The van der Waals surface area contributed by atoms with Crippen LogP contribution in [0.3, 0.4) is 0 Å². The zero-order valence-electron chi connectivity index (χ0n) is 12.1. The van der Waals surface area contributed by atoms with Gasteiger partial charge in [0, 0.05) is 31.2 Å². The number of hydrogen-bond acceptors (Lipinski definition) is 3. The first-order valence-electron chi connectivity index (χ1n) is 7.58. The van der Waals surface area contributed by atoms with E-state index in [1.807, 2.05) is 12.1 Å². The second kappa shape index (κ2) is 8.93. The molecule has 112 valence electrons. The van der Waals surface area contributed by atoms with Crippen LogP contribution in [-0.4, -0.2) is 54.8 Å². The van der Waals surface area contributed by atoms with Crippen LogP contribution in [0, 0.1) is 0 Å². The Kier molecular flexibility index (Phi) is 7.22. The van der Waals surface area contributed by atoms with Crippen LogP contribution in [0.5, 0.6) is 0 Å². The van der Waals surface area contributed by atoms with Crippen molar-refractivity contribution in [2.75, 3.05) is 45.0 Å². The van der Waals surface area contributed by atoms with Gasteiger partial charge in [-0.15, -0.1) is 0 Å². The maximum atomic E-state index is 5.90. The molecule has 0 N–H and O–H groups in total. The molecule has 0 spiro atoms. The van der Waals surface area contributed by atoms with E-state index < -0.39 is 0 Å². The number of thiol groups is 1. The van der Waals surface area contributed by atoms with Crippen molar-refractivity contribution in [1.82, 2.24) is 9.80 Å². The fourth-order valence-electron chi connectivity index (χ4n) is 2.69. The Balaban J connectivity index is 1.60. The van der Waals surface area contributed by atoms with Gasteiger partial charge in [0.25, 0.3) is 0 Å². The van der Waals surface area contributed by atoms with E-state index in [1.54, 1.807) is 0 Å². The van der Waals surface area contributed by atoms with Crippen molar-refractivity contribution < 1.29 is 0 Å². The first-order valence-corrected chi connectivity index (χ1v) is 8.59. The van der Waals surface area contributed by atoms with Crippen LogP contribution in [0.15, 0.2) is 24.3 Å². The van der Waals surface area contributed by atoms with Gasteiger partial charge in [-0.3, -0.25) is 0 Å². The highest BCUT2D eigenvalue weighted by Gasteiger charge is 2.15. The number of piperazine rings is 1. The molecule has 4 heteroatoms. The summed E-state index contributed by atoms with van der Waals surface area (Å²) in [7, 11) is 0. The van der Waals surface area contributed by atoms with Crippen LogP contribution in [-0.2, 0) is 6.42 Å². The van der Waals surface area contributed by atoms with Crippen LogP contribution in [0.25, 0.3) is 0 Å². The quantitative estimate of drug-likeness (QED) is 0.772. The van der Waals surface area contributed by atoms with E-state index in [-0.39, 0.29) is 0 Å². The molecule has 0 aromatic heterocycles. The summed E-state index contributed by atoms with van der Waals surface area (Å²) in [5.74, 6) is 1.00. The number of hydrogen-bond donors (Lipinski definition) is 1. The highest BCUT2D eigenvalue weighted by atomic mass is 35.5. The molecule has 2 rings (SSSR count). The zero-order chi connectivity index (χ0) is 14.2. The van der Waals surface area contributed by atoms with Crippen LogP contribution < -0.4 is 0 Å². The summed E-state index contributed by atoms with van der Waals surface area (Å²) < 4.78 is 0. The second-order valence-corrected chi connectivity index (χ2v) is 6.37. The van der Waals surface area contributed by atoms with Crippen molar-refractivity contribution in [2.24, 2.45) is 0 Å². The molecule has 1 aromatic carbocycles. The summed E-state index contributed by atoms with van der Waals surface area (Å²) in [5, 5.41) is 0.825. The Morgan fingerprint density at radius 1 is 0.900 bits per heavy atom. The number of aryl methyl sites for hydroxylation is 1. The standard InChI is InChI=1S/C16H25ClN2S/c17-16-6-4-15(5-7-16)3-1-8-18-10-12-19(13-11-18)9-2-14-20/h4-7,20H,1-3,8-14H2. The van der Waals surface area contributed by atoms with Gasteiger partial charge in [-0.2, -0.15) is 12.6 Å². The monoisotopic (exact) mass is 312 g/mol. The van der Waals surface area contributed by atoms with Gasteiger partial charge in [0.15, 0.2) is 0 Å². The molecule has 1 saturated heterocycles. The molecular formula is C16H25ClN2S. The minimum absolute atomic E-state index is 0.825. The SMILES string of the molecule is SCCCN1CCN(CCCc2ccc(Cl)cc2)CC1. The molecule has 0 amide bonds. The summed E-state index contributed by atoms with van der Waals surface area (Å²) in [4.78, 5) is 5.15. The Morgan fingerprint density at radius 2 is 1.45 bits per heavy atom. The Bertz CT molecular complexity index is 375. The minimum Gasteiger partial charge on any atom is -0.301 e.